The number of aryl methyl sites for hydroxylation is 1. The summed E-state index contributed by atoms with van der Waals surface area (Å²) < 4.78 is 13.3. The summed E-state index contributed by atoms with van der Waals surface area (Å²) in [6.07, 6.45) is 1.42. The molecule has 3 amide bonds. The largest absolute Gasteiger partial charge is 0.369 e. The van der Waals surface area contributed by atoms with E-state index in [1.54, 1.807) is 17.9 Å². The first-order valence-electron chi connectivity index (χ1n) is 7.01. The maximum Gasteiger partial charge on any atom is 0.322 e. The number of urea groups is 1. The zero-order chi connectivity index (χ0) is 15.6. The summed E-state index contributed by atoms with van der Waals surface area (Å²) in [5.74, 6) is -1.10. The molecule has 21 heavy (non-hydrogen) atoms. The molecule has 0 aliphatic carbocycles. The number of hydrogen-bond acceptors (Lipinski definition) is 2. The Morgan fingerprint density at radius 2 is 2.05 bits per heavy atom. The van der Waals surface area contributed by atoms with E-state index in [1.165, 1.54) is 12.1 Å². The fourth-order valence-corrected chi connectivity index (χ4v) is 2.63. The average Bonchev–Trinajstić information content (AvgIpc) is 2.37. The van der Waals surface area contributed by atoms with Gasteiger partial charge in [-0.15, -0.1) is 0 Å². The normalized spacial score (nSPS) is 22.0. The van der Waals surface area contributed by atoms with E-state index in [0.717, 1.165) is 12.0 Å². The van der Waals surface area contributed by atoms with Crippen molar-refractivity contribution >= 4 is 17.6 Å². The molecule has 114 valence electrons. The lowest BCUT2D eigenvalue weighted by Crippen LogP contribution is -2.50. The summed E-state index contributed by atoms with van der Waals surface area (Å²) in [4.78, 5) is 25.2. The summed E-state index contributed by atoms with van der Waals surface area (Å²) in [6.45, 7) is 3.98. The van der Waals surface area contributed by atoms with E-state index in [-0.39, 0.29) is 23.9 Å². The van der Waals surface area contributed by atoms with Crippen molar-refractivity contribution in [1.29, 1.82) is 0 Å². The molecular weight excluding hydrogens is 273 g/mol. The second-order valence-electron chi connectivity index (χ2n) is 5.63. The summed E-state index contributed by atoms with van der Waals surface area (Å²) in [7, 11) is 0. The molecule has 0 saturated carbocycles. The molecule has 0 radical (unpaired) electrons. The van der Waals surface area contributed by atoms with Gasteiger partial charge in [-0.05, 0) is 50.5 Å². The monoisotopic (exact) mass is 293 g/mol. The molecule has 2 rings (SSSR count). The van der Waals surface area contributed by atoms with Crippen molar-refractivity contribution in [2.75, 3.05) is 11.9 Å². The maximum absolute atomic E-state index is 13.3. The van der Waals surface area contributed by atoms with Gasteiger partial charge in [0.15, 0.2) is 0 Å². The number of anilines is 1. The number of benzene rings is 1. The smallest absolute Gasteiger partial charge is 0.322 e. The van der Waals surface area contributed by atoms with Crippen LogP contribution in [0.25, 0.3) is 0 Å². The van der Waals surface area contributed by atoms with Crippen molar-refractivity contribution in [3.05, 3.63) is 29.6 Å². The maximum atomic E-state index is 13.3. The number of rotatable bonds is 2. The molecule has 1 aromatic carbocycles. The molecule has 1 aliphatic rings. The van der Waals surface area contributed by atoms with Gasteiger partial charge in [-0.1, -0.05) is 0 Å². The van der Waals surface area contributed by atoms with E-state index in [1.807, 2.05) is 6.92 Å². The Kier molecular flexibility index (Phi) is 4.45. The number of nitrogens with zero attached hydrogens (tertiary/aromatic N) is 1. The van der Waals surface area contributed by atoms with Crippen LogP contribution in [-0.4, -0.2) is 29.4 Å². The van der Waals surface area contributed by atoms with E-state index >= 15 is 0 Å². The fraction of sp³-hybridized carbons (Fsp3) is 0.467. The minimum absolute atomic E-state index is 0.0234. The number of nitrogens with two attached hydrogens (primary N) is 1. The SMILES string of the molecule is Cc1cc(F)cc(NC(=O)N2C[C@@H](C(N)=O)CC[C@H]2C)c1. The van der Waals surface area contributed by atoms with Crippen LogP contribution < -0.4 is 11.1 Å². The number of halogens is 1. The van der Waals surface area contributed by atoms with Crippen molar-refractivity contribution in [2.45, 2.75) is 32.7 Å². The van der Waals surface area contributed by atoms with Crippen LogP contribution in [0.2, 0.25) is 0 Å². The van der Waals surface area contributed by atoms with Gasteiger partial charge in [0.1, 0.15) is 5.82 Å². The second kappa shape index (κ2) is 6.11. The van der Waals surface area contributed by atoms with Crippen molar-refractivity contribution in [1.82, 2.24) is 4.90 Å². The first kappa shape index (κ1) is 15.3. The van der Waals surface area contributed by atoms with E-state index in [2.05, 4.69) is 5.32 Å². The number of carbonyl (C=O) groups excluding carboxylic acids is 2. The summed E-state index contributed by atoms with van der Waals surface area (Å²) in [6, 6.07) is 4.04. The first-order valence-corrected chi connectivity index (χ1v) is 7.01. The zero-order valence-electron chi connectivity index (χ0n) is 12.2. The molecule has 6 heteroatoms. The number of hydrogen-bond donors (Lipinski definition) is 2. The van der Waals surface area contributed by atoms with Gasteiger partial charge < -0.3 is 16.0 Å². The van der Waals surface area contributed by atoms with Crippen LogP contribution in [0, 0.1) is 18.7 Å². The first-order chi connectivity index (χ1) is 9.86. The number of carbonyl (C=O) groups is 2. The zero-order valence-corrected chi connectivity index (χ0v) is 12.2. The van der Waals surface area contributed by atoms with Gasteiger partial charge in [0.2, 0.25) is 5.91 Å². The lowest BCUT2D eigenvalue weighted by molar-refractivity contribution is -0.123. The van der Waals surface area contributed by atoms with Gasteiger partial charge >= 0.3 is 6.03 Å². The number of piperidine rings is 1. The molecule has 1 aliphatic heterocycles. The summed E-state index contributed by atoms with van der Waals surface area (Å²) in [5.41, 5.74) is 6.46. The van der Waals surface area contributed by atoms with E-state index in [9.17, 15) is 14.0 Å². The Labute approximate surface area is 123 Å². The predicted molar refractivity (Wildman–Crippen MR) is 78.2 cm³/mol. The lowest BCUT2D eigenvalue weighted by Gasteiger charge is -2.36. The van der Waals surface area contributed by atoms with E-state index in [0.29, 0.717) is 18.7 Å². The molecule has 3 N–H and O–H groups in total. The van der Waals surface area contributed by atoms with Gasteiger partial charge in [-0.3, -0.25) is 4.79 Å². The Morgan fingerprint density at radius 1 is 1.33 bits per heavy atom. The Hall–Kier alpha value is -2.11. The van der Waals surface area contributed by atoms with Crippen LogP contribution in [-0.2, 0) is 4.79 Å². The lowest BCUT2D eigenvalue weighted by atomic mass is 9.93. The molecule has 1 heterocycles. The summed E-state index contributed by atoms with van der Waals surface area (Å²) >= 11 is 0. The molecule has 5 nitrogen and oxygen atoms in total. The number of nitrogens with one attached hydrogen (secondary N) is 1. The predicted octanol–water partition coefficient (Wildman–Crippen LogP) is 2.25. The second-order valence-corrected chi connectivity index (χ2v) is 5.63. The van der Waals surface area contributed by atoms with Gasteiger partial charge in [-0.2, -0.15) is 0 Å². The van der Waals surface area contributed by atoms with Crippen LogP contribution in [0.3, 0.4) is 0 Å². The number of amides is 3. The highest BCUT2D eigenvalue weighted by atomic mass is 19.1. The molecule has 1 aromatic rings. The van der Waals surface area contributed by atoms with Gasteiger partial charge in [-0.25, -0.2) is 9.18 Å². The Morgan fingerprint density at radius 3 is 2.67 bits per heavy atom. The molecule has 0 spiro atoms. The fourth-order valence-electron chi connectivity index (χ4n) is 2.63. The quantitative estimate of drug-likeness (QED) is 0.877. The summed E-state index contributed by atoms with van der Waals surface area (Å²) in [5, 5.41) is 2.68. The number of primary amides is 1. The molecule has 0 bridgehead atoms. The molecule has 1 fully saturated rings. The minimum atomic E-state index is -0.396. The molecule has 0 unspecified atom stereocenters. The van der Waals surface area contributed by atoms with Crippen molar-refractivity contribution in [2.24, 2.45) is 11.7 Å². The van der Waals surface area contributed by atoms with Crippen LogP contribution in [0.15, 0.2) is 18.2 Å². The highest BCUT2D eigenvalue weighted by molar-refractivity contribution is 5.90. The number of likely N-dealkylation sites (tertiary alicyclic amines) is 1. The third-order valence-electron chi connectivity index (χ3n) is 3.84. The van der Waals surface area contributed by atoms with Crippen LogP contribution in [0.4, 0.5) is 14.9 Å². The van der Waals surface area contributed by atoms with Crippen molar-refractivity contribution in [3.63, 3.8) is 0 Å². The van der Waals surface area contributed by atoms with Crippen LogP contribution in [0.1, 0.15) is 25.3 Å². The minimum Gasteiger partial charge on any atom is -0.369 e. The molecule has 2 atom stereocenters. The average molecular weight is 293 g/mol. The standard InChI is InChI=1S/C15H20FN3O2/c1-9-5-12(16)7-13(6-9)18-15(21)19-8-11(14(17)20)4-3-10(19)2/h5-7,10-11H,3-4,8H2,1-2H3,(H2,17,20)(H,18,21)/t10-,11+/m1/s1. The Bertz CT molecular complexity index is 542. The topological polar surface area (TPSA) is 75.4 Å². The molecule has 1 saturated heterocycles. The highest BCUT2D eigenvalue weighted by Crippen LogP contribution is 2.23. The van der Waals surface area contributed by atoms with Crippen molar-refractivity contribution < 1.29 is 14.0 Å². The van der Waals surface area contributed by atoms with E-state index in [4.69, 9.17) is 5.73 Å². The van der Waals surface area contributed by atoms with Gasteiger partial charge in [0, 0.05) is 18.3 Å². The molecular formula is C15H20FN3O2. The van der Waals surface area contributed by atoms with Crippen LogP contribution >= 0.6 is 0 Å². The third-order valence-corrected chi connectivity index (χ3v) is 3.84. The van der Waals surface area contributed by atoms with Gasteiger partial charge in [0.05, 0.1) is 5.92 Å². The van der Waals surface area contributed by atoms with Gasteiger partial charge in [0.25, 0.3) is 0 Å². The Balaban J connectivity index is 2.09. The highest BCUT2D eigenvalue weighted by Gasteiger charge is 2.31. The third kappa shape index (κ3) is 3.71. The van der Waals surface area contributed by atoms with Crippen LogP contribution in [0.5, 0.6) is 0 Å². The van der Waals surface area contributed by atoms with Crippen molar-refractivity contribution in [3.8, 4) is 0 Å². The van der Waals surface area contributed by atoms with E-state index < -0.39 is 5.82 Å². The molecule has 0 aromatic heterocycles.